The van der Waals surface area contributed by atoms with E-state index in [1.54, 1.807) is 12.1 Å². The van der Waals surface area contributed by atoms with Crippen molar-refractivity contribution in [2.75, 3.05) is 18.5 Å². The summed E-state index contributed by atoms with van der Waals surface area (Å²) < 4.78 is 36.6. The topological polar surface area (TPSA) is 29.3 Å². The molecule has 2 nitrogen and oxygen atoms in total. The third kappa shape index (κ3) is 5.08. The van der Waals surface area contributed by atoms with Crippen LogP contribution in [0, 0.1) is 0 Å². The Morgan fingerprint density at radius 2 is 1.76 bits per heavy atom. The van der Waals surface area contributed by atoms with E-state index < -0.39 is 12.7 Å². The SMILES string of the molecule is CC(N)Cc1ccc(N(C)CC(F)(F)F)cc1. The highest BCUT2D eigenvalue weighted by Crippen LogP contribution is 2.21. The van der Waals surface area contributed by atoms with Gasteiger partial charge in [0, 0.05) is 18.8 Å². The molecule has 1 rings (SSSR count). The second kappa shape index (κ2) is 5.40. The van der Waals surface area contributed by atoms with Crippen molar-refractivity contribution in [3.63, 3.8) is 0 Å². The van der Waals surface area contributed by atoms with Crippen molar-refractivity contribution in [3.8, 4) is 0 Å². The zero-order valence-corrected chi connectivity index (χ0v) is 9.96. The number of rotatable bonds is 4. The van der Waals surface area contributed by atoms with Crippen molar-refractivity contribution in [3.05, 3.63) is 29.8 Å². The molecule has 5 heteroatoms. The molecule has 0 bridgehead atoms. The average molecular weight is 246 g/mol. The van der Waals surface area contributed by atoms with Crippen molar-refractivity contribution in [2.24, 2.45) is 5.73 Å². The van der Waals surface area contributed by atoms with Crippen molar-refractivity contribution in [1.29, 1.82) is 0 Å². The van der Waals surface area contributed by atoms with Crippen molar-refractivity contribution in [1.82, 2.24) is 0 Å². The van der Waals surface area contributed by atoms with Crippen molar-refractivity contribution in [2.45, 2.75) is 25.6 Å². The van der Waals surface area contributed by atoms with Crippen LogP contribution in [0.2, 0.25) is 0 Å². The fourth-order valence-corrected chi connectivity index (χ4v) is 1.62. The Hall–Kier alpha value is -1.23. The summed E-state index contributed by atoms with van der Waals surface area (Å²) in [5.41, 5.74) is 7.23. The number of hydrogen-bond donors (Lipinski definition) is 1. The van der Waals surface area contributed by atoms with Crippen molar-refractivity contribution < 1.29 is 13.2 Å². The smallest absolute Gasteiger partial charge is 0.366 e. The summed E-state index contributed by atoms with van der Waals surface area (Å²) in [5.74, 6) is 0. The van der Waals surface area contributed by atoms with Gasteiger partial charge in [-0.2, -0.15) is 13.2 Å². The van der Waals surface area contributed by atoms with Crippen LogP contribution in [0.25, 0.3) is 0 Å². The van der Waals surface area contributed by atoms with E-state index in [1.165, 1.54) is 11.9 Å². The molecule has 1 atom stereocenters. The second-order valence-electron chi connectivity index (χ2n) is 4.32. The van der Waals surface area contributed by atoms with E-state index in [4.69, 9.17) is 5.73 Å². The highest BCUT2D eigenvalue weighted by Gasteiger charge is 2.29. The third-order valence-electron chi connectivity index (χ3n) is 2.35. The zero-order valence-electron chi connectivity index (χ0n) is 9.96. The highest BCUT2D eigenvalue weighted by molar-refractivity contribution is 5.47. The van der Waals surface area contributed by atoms with Gasteiger partial charge in [0.15, 0.2) is 0 Å². The molecule has 0 fully saturated rings. The Morgan fingerprint density at radius 3 is 2.18 bits per heavy atom. The van der Waals surface area contributed by atoms with E-state index in [0.29, 0.717) is 5.69 Å². The molecule has 2 N–H and O–H groups in total. The number of nitrogens with zero attached hydrogens (tertiary/aromatic N) is 1. The molecule has 0 aromatic heterocycles. The van der Waals surface area contributed by atoms with Crippen LogP contribution in [0.3, 0.4) is 0 Å². The first kappa shape index (κ1) is 13.8. The number of alkyl halides is 3. The highest BCUT2D eigenvalue weighted by atomic mass is 19.4. The quantitative estimate of drug-likeness (QED) is 0.884. The number of anilines is 1. The molecule has 17 heavy (non-hydrogen) atoms. The minimum atomic E-state index is -4.18. The van der Waals surface area contributed by atoms with Crippen LogP contribution in [-0.2, 0) is 6.42 Å². The molecular formula is C12H17F3N2. The lowest BCUT2D eigenvalue weighted by Gasteiger charge is -2.21. The van der Waals surface area contributed by atoms with Gasteiger partial charge >= 0.3 is 6.18 Å². The van der Waals surface area contributed by atoms with Crippen LogP contribution >= 0.6 is 0 Å². The number of nitrogens with two attached hydrogens (primary N) is 1. The summed E-state index contributed by atoms with van der Waals surface area (Å²) in [6.07, 6.45) is -3.46. The predicted octanol–water partition coefficient (Wildman–Crippen LogP) is 2.57. The van der Waals surface area contributed by atoms with E-state index in [-0.39, 0.29) is 6.04 Å². The lowest BCUT2D eigenvalue weighted by atomic mass is 10.1. The van der Waals surface area contributed by atoms with Gasteiger partial charge in [0.2, 0.25) is 0 Å². The summed E-state index contributed by atoms with van der Waals surface area (Å²) >= 11 is 0. The lowest BCUT2D eigenvalue weighted by Crippen LogP contribution is -2.30. The van der Waals surface area contributed by atoms with Gasteiger partial charge in [0.25, 0.3) is 0 Å². The largest absolute Gasteiger partial charge is 0.405 e. The average Bonchev–Trinajstić information content (AvgIpc) is 2.15. The molecule has 1 aromatic rings. The van der Waals surface area contributed by atoms with Crippen LogP contribution in [0.5, 0.6) is 0 Å². The molecule has 0 saturated carbocycles. The van der Waals surface area contributed by atoms with E-state index in [2.05, 4.69) is 0 Å². The first-order valence-electron chi connectivity index (χ1n) is 5.40. The lowest BCUT2D eigenvalue weighted by molar-refractivity contribution is -0.119. The normalized spacial score (nSPS) is 13.5. The summed E-state index contributed by atoms with van der Waals surface area (Å²) in [6, 6.07) is 7.04. The van der Waals surface area contributed by atoms with Crippen LogP contribution in [0.1, 0.15) is 12.5 Å². The molecule has 0 saturated heterocycles. The van der Waals surface area contributed by atoms with Gasteiger partial charge in [-0.3, -0.25) is 0 Å². The zero-order chi connectivity index (χ0) is 13.1. The molecule has 0 aliphatic carbocycles. The van der Waals surface area contributed by atoms with Gasteiger partial charge < -0.3 is 10.6 Å². The van der Waals surface area contributed by atoms with E-state index in [1.807, 2.05) is 19.1 Å². The van der Waals surface area contributed by atoms with Gasteiger partial charge in [-0.05, 0) is 31.0 Å². The van der Waals surface area contributed by atoms with Crippen LogP contribution in [0.4, 0.5) is 18.9 Å². The molecule has 0 radical (unpaired) electrons. The maximum atomic E-state index is 12.2. The summed E-state index contributed by atoms with van der Waals surface area (Å²) in [5, 5.41) is 0. The van der Waals surface area contributed by atoms with E-state index >= 15 is 0 Å². The number of benzene rings is 1. The standard InChI is InChI=1S/C12H17F3N2/c1-9(16)7-10-3-5-11(6-4-10)17(2)8-12(13,14)15/h3-6,9H,7-8,16H2,1-2H3. The van der Waals surface area contributed by atoms with E-state index in [0.717, 1.165) is 12.0 Å². The van der Waals surface area contributed by atoms with Gasteiger partial charge in [0.1, 0.15) is 6.54 Å². The summed E-state index contributed by atoms with van der Waals surface area (Å²) in [6.45, 7) is 0.948. The first-order chi connectivity index (χ1) is 7.78. The molecule has 1 aromatic carbocycles. The molecule has 1 unspecified atom stereocenters. The minimum absolute atomic E-state index is 0.0498. The molecule has 0 spiro atoms. The minimum Gasteiger partial charge on any atom is -0.366 e. The monoisotopic (exact) mass is 246 g/mol. The van der Waals surface area contributed by atoms with Gasteiger partial charge in [-0.15, -0.1) is 0 Å². The number of hydrogen-bond acceptors (Lipinski definition) is 2. The Kier molecular flexibility index (Phi) is 4.40. The molecule has 0 amide bonds. The first-order valence-corrected chi connectivity index (χ1v) is 5.40. The third-order valence-corrected chi connectivity index (χ3v) is 2.35. The van der Waals surface area contributed by atoms with Crippen LogP contribution in [0.15, 0.2) is 24.3 Å². The van der Waals surface area contributed by atoms with Gasteiger partial charge in [0.05, 0.1) is 0 Å². The Bertz CT molecular complexity index is 344. The maximum absolute atomic E-state index is 12.2. The van der Waals surface area contributed by atoms with Crippen LogP contribution < -0.4 is 10.6 Å². The molecule has 96 valence electrons. The number of halogens is 3. The molecular weight excluding hydrogens is 229 g/mol. The summed E-state index contributed by atoms with van der Waals surface area (Å²) in [7, 11) is 1.42. The predicted molar refractivity (Wildman–Crippen MR) is 63.1 cm³/mol. The fourth-order valence-electron chi connectivity index (χ4n) is 1.62. The Labute approximate surface area is 99.2 Å². The van der Waals surface area contributed by atoms with Gasteiger partial charge in [-0.1, -0.05) is 12.1 Å². The molecule has 0 heterocycles. The second-order valence-corrected chi connectivity index (χ2v) is 4.32. The van der Waals surface area contributed by atoms with Gasteiger partial charge in [-0.25, -0.2) is 0 Å². The maximum Gasteiger partial charge on any atom is 0.405 e. The van der Waals surface area contributed by atoms with Crippen LogP contribution in [-0.4, -0.2) is 25.8 Å². The van der Waals surface area contributed by atoms with E-state index in [9.17, 15) is 13.2 Å². The fraction of sp³-hybridized carbons (Fsp3) is 0.500. The Morgan fingerprint density at radius 1 is 1.24 bits per heavy atom. The molecule has 0 aliphatic heterocycles. The van der Waals surface area contributed by atoms with Crippen molar-refractivity contribution >= 4 is 5.69 Å². The summed E-state index contributed by atoms with van der Waals surface area (Å²) in [4.78, 5) is 1.18. The Balaban J connectivity index is 2.67. The molecule has 0 aliphatic rings.